The Bertz CT molecular complexity index is 219. The van der Waals surface area contributed by atoms with Gasteiger partial charge in [-0.25, -0.2) is 0 Å². The van der Waals surface area contributed by atoms with E-state index in [1.165, 1.54) is 39.3 Å². The SMILES string of the molecule is CCNCP(=O)([O-])[O-].CC[NH+](CC)CC.CC[NH+](CC)CC. The predicted molar refractivity (Wildman–Crippen MR) is 91.3 cm³/mol. The van der Waals surface area contributed by atoms with Crippen LogP contribution in [0.1, 0.15) is 48.5 Å². The number of quaternary nitrogens is 2. The summed E-state index contributed by atoms with van der Waals surface area (Å²) in [5.41, 5.74) is 0. The predicted octanol–water partition coefficient (Wildman–Crippen LogP) is -1.67. The molecule has 7 heteroatoms. The van der Waals surface area contributed by atoms with Gasteiger partial charge in [-0.2, -0.15) is 0 Å². The molecule has 3 N–H and O–H groups in total. The molecule has 22 heavy (non-hydrogen) atoms. The van der Waals surface area contributed by atoms with Gasteiger partial charge in [-0.15, -0.1) is 0 Å². The molecule has 0 rings (SSSR count). The quantitative estimate of drug-likeness (QED) is 0.438. The van der Waals surface area contributed by atoms with E-state index in [4.69, 9.17) is 0 Å². The van der Waals surface area contributed by atoms with Crippen molar-refractivity contribution in [3.05, 3.63) is 0 Å². The van der Waals surface area contributed by atoms with Gasteiger partial charge in [0.25, 0.3) is 0 Å². The van der Waals surface area contributed by atoms with Gasteiger partial charge >= 0.3 is 0 Å². The van der Waals surface area contributed by atoms with E-state index in [-0.39, 0.29) is 0 Å². The first-order chi connectivity index (χ1) is 10.3. The minimum atomic E-state index is -4.29. The second-order valence-electron chi connectivity index (χ2n) is 4.99. The fourth-order valence-electron chi connectivity index (χ4n) is 1.75. The Labute approximate surface area is 138 Å². The van der Waals surface area contributed by atoms with E-state index in [0.29, 0.717) is 6.54 Å². The van der Waals surface area contributed by atoms with E-state index in [1.807, 2.05) is 0 Å². The highest BCUT2D eigenvalue weighted by atomic mass is 31.2. The maximum absolute atomic E-state index is 9.80. The Hall–Kier alpha value is 0.0300. The van der Waals surface area contributed by atoms with Crippen molar-refractivity contribution in [2.75, 3.05) is 52.1 Å². The molecule has 0 aliphatic heterocycles. The molecule has 0 bridgehead atoms. The second-order valence-corrected chi connectivity index (χ2v) is 6.53. The molecule has 138 valence electrons. The van der Waals surface area contributed by atoms with E-state index in [0.717, 1.165) is 0 Å². The first-order valence-corrected chi connectivity index (χ1v) is 10.4. The van der Waals surface area contributed by atoms with E-state index >= 15 is 0 Å². The number of nitrogens with one attached hydrogen (secondary N) is 3. The lowest BCUT2D eigenvalue weighted by molar-refractivity contribution is -0.894. The van der Waals surface area contributed by atoms with Crippen LogP contribution in [0.3, 0.4) is 0 Å². The van der Waals surface area contributed by atoms with Crippen molar-refractivity contribution >= 4 is 7.60 Å². The molecule has 0 aromatic rings. The fourth-order valence-corrected chi connectivity index (χ4v) is 2.25. The Balaban J connectivity index is -0.000000247. The van der Waals surface area contributed by atoms with E-state index in [1.54, 1.807) is 16.7 Å². The van der Waals surface area contributed by atoms with Crippen molar-refractivity contribution in [3.63, 3.8) is 0 Å². The van der Waals surface area contributed by atoms with Gasteiger partial charge in [0.05, 0.1) is 39.3 Å². The smallest absolute Gasteiger partial charge is 0.0742 e. The normalized spacial score (nSPS) is 10.9. The molecule has 0 amide bonds. The van der Waals surface area contributed by atoms with Crippen LogP contribution in [0, 0.1) is 0 Å². The van der Waals surface area contributed by atoms with Crippen molar-refractivity contribution < 1.29 is 24.2 Å². The van der Waals surface area contributed by atoms with Crippen LogP contribution in [0.4, 0.5) is 0 Å². The second kappa shape index (κ2) is 19.1. The largest absolute Gasteiger partial charge is 0.810 e. The number of hydrogen-bond acceptors (Lipinski definition) is 4. The Morgan fingerprint density at radius 3 is 1.05 bits per heavy atom. The van der Waals surface area contributed by atoms with E-state index < -0.39 is 13.9 Å². The van der Waals surface area contributed by atoms with Crippen LogP contribution in [0.25, 0.3) is 0 Å². The third-order valence-corrected chi connectivity index (χ3v) is 4.17. The Morgan fingerprint density at radius 2 is 1.00 bits per heavy atom. The molecule has 0 spiro atoms. The van der Waals surface area contributed by atoms with E-state index in [2.05, 4.69) is 46.9 Å². The summed E-state index contributed by atoms with van der Waals surface area (Å²) in [6, 6.07) is 0. The maximum atomic E-state index is 9.80. The van der Waals surface area contributed by atoms with Crippen LogP contribution >= 0.6 is 7.60 Å². The Kier molecular flexibility index (Phi) is 23.3. The van der Waals surface area contributed by atoms with Crippen molar-refractivity contribution in [2.45, 2.75) is 48.5 Å². The highest BCUT2D eigenvalue weighted by Crippen LogP contribution is 2.18. The van der Waals surface area contributed by atoms with Crippen LogP contribution in [0.2, 0.25) is 0 Å². The summed E-state index contributed by atoms with van der Waals surface area (Å²) < 4.78 is 9.80. The zero-order valence-corrected chi connectivity index (χ0v) is 16.7. The summed E-state index contributed by atoms with van der Waals surface area (Å²) in [6.07, 6.45) is -0.441. The standard InChI is InChI=1S/2C6H15N.C3H10NO3P/c2*1-4-7(5-2)6-3;1-2-4-3-8(5,6)7/h2*4-6H2,1-3H3;4H,2-3H2,1H3,(H2,5,6,7). The lowest BCUT2D eigenvalue weighted by Gasteiger charge is -2.29. The number of rotatable bonds is 9. The average molecular weight is 341 g/mol. The molecule has 0 radical (unpaired) electrons. The van der Waals surface area contributed by atoms with Crippen LogP contribution in [0.5, 0.6) is 0 Å². The van der Waals surface area contributed by atoms with Crippen molar-refractivity contribution in [2.24, 2.45) is 0 Å². The monoisotopic (exact) mass is 341 g/mol. The minimum Gasteiger partial charge on any atom is -0.810 e. The zero-order chi connectivity index (χ0) is 18.0. The summed E-state index contributed by atoms with van der Waals surface area (Å²) in [5.74, 6) is 0. The van der Waals surface area contributed by atoms with Crippen LogP contribution in [-0.2, 0) is 4.57 Å². The molecule has 0 saturated carbocycles. The number of hydrogen-bond donors (Lipinski definition) is 3. The molecule has 6 nitrogen and oxygen atoms in total. The van der Waals surface area contributed by atoms with Gasteiger partial charge in [-0.1, -0.05) is 14.5 Å². The van der Waals surface area contributed by atoms with Gasteiger partial charge in [0.15, 0.2) is 0 Å². The van der Waals surface area contributed by atoms with Gasteiger partial charge in [0.1, 0.15) is 0 Å². The van der Waals surface area contributed by atoms with Gasteiger partial charge in [-0.05, 0) is 48.1 Å². The fraction of sp³-hybridized carbons (Fsp3) is 1.00. The lowest BCUT2D eigenvalue weighted by atomic mass is 10.5. The Morgan fingerprint density at radius 1 is 0.727 bits per heavy atom. The first kappa shape index (κ1) is 26.9. The molecule has 0 aromatic carbocycles. The summed E-state index contributed by atoms with van der Waals surface area (Å²) in [4.78, 5) is 23.0. The molecule has 0 fully saturated rings. The maximum Gasteiger partial charge on any atom is 0.0742 e. The van der Waals surface area contributed by atoms with Gasteiger partial charge in [-0.3, -0.25) is 0 Å². The lowest BCUT2D eigenvalue weighted by Crippen LogP contribution is -3.11. The van der Waals surface area contributed by atoms with Crippen LogP contribution < -0.4 is 24.9 Å². The third-order valence-electron chi connectivity index (χ3n) is 3.56. The summed E-state index contributed by atoms with van der Waals surface area (Å²) in [7, 11) is -4.29. The third kappa shape index (κ3) is 25.0. The van der Waals surface area contributed by atoms with Crippen LogP contribution in [0.15, 0.2) is 0 Å². The van der Waals surface area contributed by atoms with Crippen LogP contribution in [-0.4, -0.2) is 52.1 Å². The zero-order valence-electron chi connectivity index (χ0n) is 15.8. The first-order valence-electron chi connectivity index (χ1n) is 8.64. The van der Waals surface area contributed by atoms with Crippen molar-refractivity contribution in [1.29, 1.82) is 0 Å². The molecule has 0 aliphatic carbocycles. The van der Waals surface area contributed by atoms with Crippen molar-refractivity contribution in [1.82, 2.24) is 5.32 Å². The summed E-state index contributed by atoms with van der Waals surface area (Å²) >= 11 is 0. The van der Waals surface area contributed by atoms with Gasteiger partial charge < -0.3 is 29.5 Å². The van der Waals surface area contributed by atoms with E-state index in [9.17, 15) is 14.4 Å². The topological polar surface area (TPSA) is 84.1 Å². The average Bonchev–Trinajstić information content (AvgIpc) is 2.49. The molecule has 0 saturated heterocycles. The van der Waals surface area contributed by atoms with Crippen molar-refractivity contribution in [3.8, 4) is 0 Å². The molecule has 0 aromatic heterocycles. The van der Waals surface area contributed by atoms with Gasteiger partial charge in [0.2, 0.25) is 0 Å². The molecule has 0 unspecified atom stereocenters. The highest BCUT2D eigenvalue weighted by Gasteiger charge is 1.93. The highest BCUT2D eigenvalue weighted by molar-refractivity contribution is 7.48. The molecular weight excluding hydrogens is 301 g/mol. The minimum absolute atomic E-state index is 0.441. The summed E-state index contributed by atoms with van der Waals surface area (Å²) in [6.45, 7) is 23.2. The van der Waals surface area contributed by atoms with Gasteiger partial charge in [0, 0.05) is 6.29 Å². The molecule has 0 atom stereocenters. The molecule has 0 aliphatic rings. The molecular formula is C15H40N3O3P. The summed E-state index contributed by atoms with van der Waals surface area (Å²) in [5, 5.41) is 2.40. The molecule has 0 heterocycles.